The number of nitrogens with one attached hydrogen (secondary N) is 1. The first kappa shape index (κ1) is 15.6. The Labute approximate surface area is 145 Å². The molecule has 0 aliphatic rings. The van der Waals surface area contributed by atoms with E-state index < -0.39 is 0 Å². The average molecular weight is 336 g/mol. The Bertz CT molecular complexity index is 1030. The van der Waals surface area contributed by atoms with E-state index in [1.54, 1.807) is 0 Å². The zero-order valence-corrected chi connectivity index (χ0v) is 14.6. The number of aromatic amines is 1. The van der Waals surface area contributed by atoms with E-state index in [1.165, 1.54) is 11.1 Å². The van der Waals surface area contributed by atoms with Crippen molar-refractivity contribution in [3.8, 4) is 11.6 Å². The molecule has 4 aromatic rings. The van der Waals surface area contributed by atoms with E-state index >= 15 is 0 Å². The maximum atomic E-state index is 5.33. The molecule has 7 heteroatoms. The normalized spacial score (nSPS) is 11.5. The first-order chi connectivity index (χ1) is 12.1. The van der Waals surface area contributed by atoms with E-state index in [9.17, 15) is 0 Å². The topological polar surface area (TPSA) is 85.4 Å². The quantitative estimate of drug-likeness (QED) is 0.605. The molecule has 0 saturated heterocycles. The minimum Gasteiger partial charge on any atom is -0.332 e. The minimum atomic E-state index is 0.452. The molecule has 3 heterocycles. The van der Waals surface area contributed by atoms with Crippen molar-refractivity contribution < 1.29 is 4.52 Å². The van der Waals surface area contributed by atoms with Crippen LogP contribution in [0, 0.1) is 13.8 Å². The van der Waals surface area contributed by atoms with Gasteiger partial charge in [0.05, 0.1) is 17.4 Å². The van der Waals surface area contributed by atoms with Crippen molar-refractivity contribution >= 4 is 11.0 Å². The van der Waals surface area contributed by atoms with Gasteiger partial charge in [-0.1, -0.05) is 12.1 Å². The fourth-order valence-electron chi connectivity index (χ4n) is 2.82. The maximum absolute atomic E-state index is 5.33. The fraction of sp³-hybridized carbons (Fsp3) is 0.333. The molecular formula is C18H20N6O. The number of rotatable bonds is 5. The lowest BCUT2D eigenvalue weighted by atomic mass is 10.1. The molecule has 7 nitrogen and oxygen atoms in total. The van der Waals surface area contributed by atoms with Crippen molar-refractivity contribution in [2.45, 2.75) is 40.2 Å². The molecule has 0 bridgehead atoms. The Hall–Kier alpha value is -2.96. The lowest BCUT2D eigenvalue weighted by Gasteiger charge is -2.04. The van der Waals surface area contributed by atoms with Gasteiger partial charge in [0.25, 0.3) is 5.89 Å². The zero-order valence-electron chi connectivity index (χ0n) is 14.6. The van der Waals surface area contributed by atoms with Crippen LogP contribution in [0.4, 0.5) is 0 Å². The van der Waals surface area contributed by atoms with Gasteiger partial charge >= 0.3 is 0 Å². The average Bonchev–Trinajstić information content (AvgIpc) is 3.32. The van der Waals surface area contributed by atoms with Crippen molar-refractivity contribution in [3.63, 3.8) is 0 Å². The van der Waals surface area contributed by atoms with Gasteiger partial charge in [0.1, 0.15) is 0 Å². The highest BCUT2D eigenvalue weighted by molar-refractivity contribution is 5.77. The lowest BCUT2D eigenvalue weighted by Crippen LogP contribution is -2.01. The summed E-state index contributed by atoms with van der Waals surface area (Å²) in [6, 6.07) is 6.23. The van der Waals surface area contributed by atoms with Crippen LogP contribution in [0.2, 0.25) is 0 Å². The van der Waals surface area contributed by atoms with Crippen molar-refractivity contribution in [2.24, 2.45) is 0 Å². The lowest BCUT2D eigenvalue weighted by molar-refractivity contribution is 0.419. The summed E-state index contributed by atoms with van der Waals surface area (Å²) in [5.74, 6) is 1.12. The Balaban J connectivity index is 1.51. The second kappa shape index (κ2) is 6.16. The third-order valence-electron chi connectivity index (χ3n) is 4.51. The van der Waals surface area contributed by atoms with Crippen molar-refractivity contribution in [1.82, 2.24) is 29.9 Å². The number of benzene rings is 1. The Morgan fingerprint density at radius 1 is 1.16 bits per heavy atom. The van der Waals surface area contributed by atoms with Crippen molar-refractivity contribution in [1.29, 1.82) is 0 Å². The van der Waals surface area contributed by atoms with E-state index in [4.69, 9.17) is 4.52 Å². The maximum Gasteiger partial charge on any atom is 0.278 e. The Morgan fingerprint density at radius 2 is 2.00 bits per heavy atom. The van der Waals surface area contributed by atoms with Crippen LogP contribution in [0.25, 0.3) is 22.6 Å². The molecule has 4 rings (SSSR count). The fourth-order valence-corrected chi connectivity index (χ4v) is 2.82. The van der Waals surface area contributed by atoms with Crippen LogP contribution in [-0.4, -0.2) is 29.9 Å². The summed E-state index contributed by atoms with van der Waals surface area (Å²) in [6.07, 6.45) is 3.43. The van der Waals surface area contributed by atoms with Crippen LogP contribution in [0.5, 0.6) is 0 Å². The van der Waals surface area contributed by atoms with Gasteiger partial charge in [-0.2, -0.15) is 10.1 Å². The molecule has 0 aliphatic heterocycles. The third-order valence-corrected chi connectivity index (χ3v) is 4.51. The van der Waals surface area contributed by atoms with Crippen molar-refractivity contribution in [2.75, 3.05) is 0 Å². The first-order valence-electron chi connectivity index (χ1n) is 8.43. The molecule has 25 heavy (non-hydrogen) atoms. The van der Waals surface area contributed by atoms with Gasteiger partial charge in [0, 0.05) is 18.7 Å². The zero-order chi connectivity index (χ0) is 17.4. The van der Waals surface area contributed by atoms with E-state index in [1.807, 2.05) is 12.4 Å². The van der Waals surface area contributed by atoms with Gasteiger partial charge in [-0.25, -0.2) is 4.98 Å². The summed E-state index contributed by atoms with van der Waals surface area (Å²) >= 11 is 0. The number of aryl methyl sites for hydroxylation is 5. The van der Waals surface area contributed by atoms with E-state index in [-0.39, 0.29) is 0 Å². The van der Waals surface area contributed by atoms with Crippen LogP contribution in [0.1, 0.15) is 29.6 Å². The van der Waals surface area contributed by atoms with Gasteiger partial charge in [-0.3, -0.25) is 5.10 Å². The van der Waals surface area contributed by atoms with Crippen LogP contribution >= 0.6 is 0 Å². The monoisotopic (exact) mass is 336 g/mol. The van der Waals surface area contributed by atoms with Crippen molar-refractivity contribution in [3.05, 3.63) is 47.2 Å². The summed E-state index contributed by atoms with van der Waals surface area (Å²) in [5.41, 5.74) is 6.40. The highest BCUT2D eigenvalue weighted by Gasteiger charge is 2.13. The van der Waals surface area contributed by atoms with E-state index in [0.29, 0.717) is 23.8 Å². The summed E-state index contributed by atoms with van der Waals surface area (Å²) < 4.78 is 7.46. The number of aromatic nitrogens is 6. The molecule has 0 fully saturated rings. The number of fused-ring (bicyclic) bond motifs is 1. The molecule has 0 atom stereocenters. The SMILES string of the molecule is CCc1cc(-c2nc(CCn3cnc4cc(C)c(C)cc43)no2)n[nH]1. The molecule has 0 aliphatic carbocycles. The number of nitrogens with zero attached hydrogens (tertiary/aromatic N) is 5. The van der Waals surface area contributed by atoms with Gasteiger partial charge in [-0.05, 0) is 49.6 Å². The van der Waals surface area contributed by atoms with Crippen LogP contribution in [0.15, 0.2) is 29.0 Å². The molecule has 0 amide bonds. The summed E-state index contributed by atoms with van der Waals surface area (Å²) in [6.45, 7) is 7.04. The van der Waals surface area contributed by atoms with Crippen LogP contribution < -0.4 is 0 Å². The molecule has 0 spiro atoms. The van der Waals surface area contributed by atoms with Crippen LogP contribution in [0.3, 0.4) is 0 Å². The van der Waals surface area contributed by atoms with E-state index in [2.05, 4.69) is 62.8 Å². The Kier molecular flexibility index (Phi) is 3.83. The van der Waals surface area contributed by atoms with Gasteiger partial charge in [0.2, 0.25) is 0 Å². The van der Waals surface area contributed by atoms with Gasteiger partial charge < -0.3 is 9.09 Å². The first-order valence-corrected chi connectivity index (χ1v) is 8.43. The van der Waals surface area contributed by atoms with Gasteiger partial charge in [0.15, 0.2) is 11.5 Å². The minimum absolute atomic E-state index is 0.452. The second-order valence-corrected chi connectivity index (χ2v) is 6.26. The molecular weight excluding hydrogens is 316 g/mol. The second-order valence-electron chi connectivity index (χ2n) is 6.26. The number of hydrogen-bond donors (Lipinski definition) is 1. The Morgan fingerprint density at radius 3 is 2.80 bits per heavy atom. The van der Waals surface area contributed by atoms with Gasteiger partial charge in [-0.15, -0.1) is 0 Å². The molecule has 128 valence electrons. The third kappa shape index (κ3) is 2.93. The summed E-state index contributed by atoms with van der Waals surface area (Å²) in [7, 11) is 0. The smallest absolute Gasteiger partial charge is 0.278 e. The highest BCUT2D eigenvalue weighted by atomic mass is 16.5. The number of imidazole rings is 1. The molecule has 0 unspecified atom stereocenters. The molecule has 3 aromatic heterocycles. The standard InChI is InChI=1S/C18H20N6O/c1-4-13-9-15(22-21-13)18-20-17(23-25-18)5-6-24-10-19-14-7-11(2)12(3)8-16(14)24/h7-10H,4-6H2,1-3H3,(H,21,22). The molecule has 0 saturated carbocycles. The van der Waals surface area contributed by atoms with E-state index in [0.717, 1.165) is 29.7 Å². The summed E-state index contributed by atoms with van der Waals surface area (Å²) in [5, 5.41) is 11.2. The molecule has 0 radical (unpaired) electrons. The van der Waals surface area contributed by atoms with Crippen LogP contribution in [-0.2, 0) is 19.4 Å². The largest absolute Gasteiger partial charge is 0.332 e. The predicted molar refractivity (Wildman–Crippen MR) is 94.2 cm³/mol. The molecule has 1 N–H and O–H groups in total. The predicted octanol–water partition coefficient (Wildman–Crippen LogP) is 3.23. The highest BCUT2D eigenvalue weighted by Crippen LogP contribution is 2.19. The molecule has 1 aromatic carbocycles. The number of H-pyrrole nitrogens is 1. The summed E-state index contributed by atoms with van der Waals surface area (Å²) in [4.78, 5) is 8.93. The number of hydrogen-bond acceptors (Lipinski definition) is 5.